The Labute approximate surface area is 108 Å². The molecule has 1 heterocycles. The van der Waals surface area contributed by atoms with Gasteiger partial charge in [-0.25, -0.2) is 0 Å². The monoisotopic (exact) mass is 251 g/mol. The first-order chi connectivity index (χ1) is 8.06. The molecule has 0 saturated carbocycles. The van der Waals surface area contributed by atoms with Gasteiger partial charge in [0.15, 0.2) is 5.78 Å². The predicted molar refractivity (Wildman–Crippen MR) is 71.7 cm³/mol. The van der Waals surface area contributed by atoms with Crippen LogP contribution >= 0.6 is 11.6 Å². The second kappa shape index (κ2) is 5.93. The number of alkyl halides is 1. The van der Waals surface area contributed by atoms with Crippen LogP contribution in [-0.2, 0) is 0 Å². The molecule has 0 fully saturated rings. The lowest BCUT2D eigenvalue weighted by Crippen LogP contribution is -2.12. The highest BCUT2D eigenvalue weighted by Gasteiger charge is 2.18. The number of ketones is 1. The van der Waals surface area contributed by atoms with Crippen LogP contribution in [0.2, 0.25) is 0 Å². The molecule has 0 saturated heterocycles. The average Bonchev–Trinajstić information content (AvgIpc) is 2.61. The van der Waals surface area contributed by atoms with Crippen molar-refractivity contribution in [2.45, 2.75) is 39.7 Å². The summed E-state index contributed by atoms with van der Waals surface area (Å²) in [6.45, 7) is 6.05. The summed E-state index contributed by atoms with van der Waals surface area (Å²) in [7, 11) is 0. The zero-order chi connectivity index (χ0) is 13.0. The van der Waals surface area contributed by atoms with Crippen LogP contribution in [0.4, 0.5) is 0 Å². The Morgan fingerprint density at radius 2 is 2.24 bits per heavy atom. The molecule has 2 nitrogen and oxygen atoms in total. The minimum Gasteiger partial charge on any atom is -0.344 e. The average molecular weight is 252 g/mol. The van der Waals surface area contributed by atoms with Crippen molar-refractivity contribution < 1.29 is 4.79 Å². The summed E-state index contributed by atoms with van der Waals surface area (Å²) in [5, 5.41) is 0. The van der Waals surface area contributed by atoms with E-state index in [1.807, 2.05) is 19.9 Å². The molecule has 0 aliphatic rings. The number of Topliss-reactive ketones (excluding diaryl/α,β-unsaturated/α-hetero) is 1. The van der Waals surface area contributed by atoms with Crippen molar-refractivity contribution in [2.75, 3.05) is 5.88 Å². The first kappa shape index (κ1) is 13.9. The summed E-state index contributed by atoms with van der Waals surface area (Å²) >= 11 is 5.60. The van der Waals surface area contributed by atoms with Crippen LogP contribution in [-0.4, -0.2) is 16.2 Å². The molecule has 1 unspecified atom stereocenters. The van der Waals surface area contributed by atoms with Crippen LogP contribution in [0.15, 0.2) is 6.07 Å². The van der Waals surface area contributed by atoms with Gasteiger partial charge in [-0.2, -0.15) is 0 Å². The van der Waals surface area contributed by atoms with Crippen LogP contribution in [0, 0.1) is 26.2 Å². The number of carbonyl (C=O) groups excluding carboxylic acids is 1. The molecular weight excluding hydrogens is 234 g/mol. The van der Waals surface area contributed by atoms with Crippen LogP contribution < -0.4 is 0 Å². The van der Waals surface area contributed by atoms with Crippen molar-refractivity contribution in [1.29, 1.82) is 0 Å². The molecule has 0 aliphatic heterocycles. The summed E-state index contributed by atoms with van der Waals surface area (Å²) in [6, 6.07) is 2.16. The van der Waals surface area contributed by atoms with Crippen molar-refractivity contribution in [3.05, 3.63) is 23.0 Å². The van der Waals surface area contributed by atoms with E-state index < -0.39 is 0 Å². The van der Waals surface area contributed by atoms with Gasteiger partial charge < -0.3 is 4.57 Å². The maximum atomic E-state index is 11.7. The largest absolute Gasteiger partial charge is 0.344 e. The maximum absolute atomic E-state index is 11.7. The van der Waals surface area contributed by atoms with Crippen molar-refractivity contribution in [3.63, 3.8) is 0 Å². The number of halogens is 1. The SMILES string of the molecule is C#CCC(CC)n1c(C)cc(C(=O)CCl)c1C. The van der Waals surface area contributed by atoms with E-state index in [1.54, 1.807) is 0 Å². The fourth-order valence-corrected chi connectivity index (χ4v) is 2.39. The van der Waals surface area contributed by atoms with Crippen LogP contribution in [0.3, 0.4) is 0 Å². The molecule has 92 valence electrons. The van der Waals surface area contributed by atoms with E-state index in [0.717, 1.165) is 17.8 Å². The van der Waals surface area contributed by atoms with E-state index in [-0.39, 0.29) is 17.7 Å². The number of aryl methyl sites for hydroxylation is 1. The fourth-order valence-electron chi connectivity index (χ4n) is 2.25. The zero-order valence-electron chi connectivity index (χ0n) is 10.6. The number of hydrogen-bond acceptors (Lipinski definition) is 1. The molecule has 0 aliphatic carbocycles. The Morgan fingerprint density at radius 1 is 1.59 bits per heavy atom. The Morgan fingerprint density at radius 3 is 2.71 bits per heavy atom. The van der Waals surface area contributed by atoms with Crippen molar-refractivity contribution >= 4 is 17.4 Å². The summed E-state index contributed by atoms with van der Waals surface area (Å²) in [4.78, 5) is 11.7. The predicted octanol–water partition coefficient (Wildman–Crippen LogP) is 3.50. The van der Waals surface area contributed by atoms with Gasteiger partial charge in [-0.1, -0.05) is 6.92 Å². The van der Waals surface area contributed by atoms with Crippen LogP contribution in [0.5, 0.6) is 0 Å². The summed E-state index contributed by atoms with van der Waals surface area (Å²) < 4.78 is 2.15. The van der Waals surface area contributed by atoms with E-state index in [1.165, 1.54) is 0 Å². The summed E-state index contributed by atoms with van der Waals surface area (Å²) in [5.74, 6) is 2.69. The first-order valence-electron chi connectivity index (χ1n) is 5.77. The normalized spacial score (nSPS) is 12.2. The topological polar surface area (TPSA) is 22.0 Å². The van der Waals surface area contributed by atoms with Gasteiger partial charge in [0.05, 0.1) is 5.88 Å². The van der Waals surface area contributed by atoms with Gasteiger partial charge in [0.2, 0.25) is 0 Å². The minimum absolute atomic E-state index is 0.0240. The molecular formula is C14H18ClNO. The third-order valence-electron chi connectivity index (χ3n) is 3.10. The maximum Gasteiger partial charge on any atom is 0.179 e. The number of rotatable bonds is 5. The Hall–Kier alpha value is -1.20. The summed E-state index contributed by atoms with van der Waals surface area (Å²) in [6.07, 6.45) is 7.02. The first-order valence-corrected chi connectivity index (χ1v) is 6.31. The number of nitrogens with zero attached hydrogens (tertiary/aromatic N) is 1. The molecule has 0 N–H and O–H groups in total. The highest BCUT2D eigenvalue weighted by atomic mass is 35.5. The molecule has 0 radical (unpaired) electrons. The zero-order valence-corrected chi connectivity index (χ0v) is 11.3. The number of aromatic nitrogens is 1. The second-order valence-electron chi connectivity index (χ2n) is 4.18. The van der Waals surface area contributed by atoms with Gasteiger partial charge in [-0.05, 0) is 26.3 Å². The quantitative estimate of drug-likeness (QED) is 0.446. The fraction of sp³-hybridized carbons (Fsp3) is 0.500. The minimum atomic E-state index is -0.0263. The number of carbonyl (C=O) groups is 1. The van der Waals surface area contributed by atoms with E-state index in [2.05, 4.69) is 17.4 Å². The lowest BCUT2D eigenvalue weighted by molar-refractivity contribution is 0.102. The van der Waals surface area contributed by atoms with Gasteiger partial charge in [0, 0.05) is 29.4 Å². The van der Waals surface area contributed by atoms with Crippen molar-refractivity contribution in [2.24, 2.45) is 0 Å². The van der Waals surface area contributed by atoms with Gasteiger partial charge >= 0.3 is 0 Å². The molecule has 0 amide bonds. The molecule has 1 aromatic heterocycles. The third kappa shape index (κ3) is 2.73. The van der Waals surface area contributed by atoms with Crippen LogP contribution in [0.1, 0.15) is 47.6 Å². The van der Waals surface area contributed by atoms with Gasteiger partial charge in [-0.3, -0.25) is 4.79 Å². The smallest absolute Gasteiger partial charge is 0.179 e. The molecule has 17 heavy (non-hydrogen) atoms. The van der Waals surface area contributed by atoms with E-state index in [9.17, 15) is 4.79 Å². The number of terminal acetylenes is 1. The molecule has 0 spiro atoms. The lowest BCUT2D eigenvalue weighted by Gasteiger charge is -2.19. The van der Waals surface area contributed by atoms with Crippen LogP contribution in [0.25, 0.3) is 0 Å². The molecule has 1 rings (SSSR count). The Balaban J connectivity index is 3.21. The molecule has 1 aromatic rings. The Kier molecular flexibility index (Phi) is 4.84. The van der Waals surface area contributed by atoms with E-state index in [4.69, 9.17) is 18.0 Å². The molecule has 0 aromatic carbocycles. The van der Waals surface area contributed by atoms with Gasteiger partial charge in [0.1, 0.15) is 0 Å². The Bertz CT molecular complexity index is 454. The van der Waals surface area contributed by atoms with Gasteiger partial charge in [-0.15, -0.1) is 23.9 Å². The van der Waals surface area contributed by atoms with Crippen molar-refractivity contribution in [3.8, 4) is 12.3 Å². The standard InChI is InChI=1S/C14H18ClNO/c1-5-7-12(6-2)16-10(3)8-13(11(16)4)14(17)9-15/h1,8,12H,6-7,9H2,2-4H3. The van der Waals surface area contributed by atoms with Crippen molar-refractivity contribution in [1.82, 2.24) is 4.57 Å². The number of hydrogen-bond donors (Lipinski definition) is 0. The van der Waals surface area contributed by atoms with E-state index in [0.29, 0.717) is 12.0 Å². The highest BCUT2D eigenvalue weighted by Crippen LogP contribution is 2.25. The highest BCUT2D eigenvalue weighted by molar-refractivity contribution is 6.30. The summed E-state index contributed by atoms with van der Waals surface area (Å²) in [5.41, 5.74) is 2.75. The lowest BCUT2D eigenvalue weighted by atomic mass is 10.1. The third-order valence-corrected chi connectivity index (χ3v) is 3.34. The molecule has 1 atom stereocenters. The molecule has 0 bridgehead atoms. The molecule has 3 heteroatoms. The van der Waals surface area contributed by atoms with E-state index >= 15 is 0 Å². The van der Waals surface area contributed by atoms with Gasteiger partial charge in [0.25, 0.3) is 0 Å². The second-order valence-corrected chi connectivity index (χ2v) is 4.45.